The van der Waals surface area contributed by atoms with Crippen molar-refractivity contribution in [3.05, 3.63) is 30.1 Å². The van der Waals surface area contributed by atoms with Crippen molar-refractivity contribution in [3.8, 4) is 12.3 Å². The zero-order chi connectivity index (χ0) is 9.68. The highest BCUT2D eigenvalue weighted by atomic mass is 15.0. The second-order valence-electron chi connectivity index (χ2n) is 3.03. The Morgan fingerprint density at radius 3 is 2.77 bits per heavy atom. The third kappa shape index (κ3) is 2.89. The lowest BCUT2D eigenvalue weighted by molar-refractivity contribution is 0.535. The SMILES string of the molecule is C#CC(C)N[C@H](C)c1ccccn1. The molecule has 68 valence electrons. The third-order valence-corrected chi connectivity index (χ3v) is 1.88. The van der Waals surface area contributed by atoms with Crippen molar-refractivity contribution in [2.24, 2.45) is 0 Å². The molecule has 1 unspecified atom stereocenters. The van der Waals surface area contributed by atoms with Crippen molar-refractivity contribution in [3.63, 3.8) is 0 Å². The van der Waals surface area contributed by atoms with E-state index in [1.807, 2.05) is 25.1 Å². The van der Waals surface area contributed by atoms with Crippen LogP contribution in [-0.4, -0.2) is 11.0 Å². The molecule has 0 aliphatic rings. The molecule has 13 heavy (non-hydrogen) atoms. The molecule has 1 aromatic heterocycles. The molecule has 0 amide bonds. The van der Waals surface area contributed by atoms with Gasteiger partial charge in [-0.3, -0.25) is 10.3 Å². The fraction of sp³-hybridized carbons (Fsp3) is 0.364. The first-order chi connectivity index (χ1) is 6.24. The van der Waals surface area contributed by atoms with Gasteiger partial charge in [0.25, 0.3) is 0 Å². The number of aromatic nitrogens is 1. The Bertz CT molecular complexity index is 287. The molecule has 0 saturated heterocycles. The van der Waals surface area contributed by atoms with Gasteiger partial charge in [-0.1, -0.05) is 12.0 Å². The first-order valence-corrected chi connectivity index (χ1v) is 4.37. The number of hydrogen-bond donors (Lipinski definition) is 1. The molecule has 0 saturated carbocycles. The summed E-state index contributed by atoms with van der Waals surface area (Å²) in [5.41, 5.74) is 1.02. The Morgan fingerprint density at radius 2 is 2.23 bits per heavy atom. The lowest BCUT2D eigenvalue weighted by atomic mass is 10.2. The highest BCUT2D eigenvalue weighted by molar-refractivity contribution is 5.09. The Morgan fingerprint density at radius 1 is 1.46 bits per heavy atom. The molecule has 1 aromatic rings. The van der Waals surface area contributed by atoms with Gasteiger partial charge >= 0.3 is 0 Å². The van der Waals surface area contributed by atoms with Crippen molar-refractivity contribution >= 4 is 0 Å². The van der Waals surface area contributed by atoms with Crippen LogP contribution < -0.4 is 5.32 Å². The number of hydrogen-bond acceptors (Lipinski definition) is 2. The van der Waals surface area contributed by atoms with Gasteiger partial charge in [0.15, 0.2) is 0 Å². The largest absolute Gasteiger partial charge is 0.296 e. The summed E-state index contributed by atoms with van der Waals surface area (Å²) in [6.07, 6.45) is 7.05. The summed E-state index contributed by atoms with van der Waals surface area (Å²) in [6.45, 7) is 4.01. The van der Waals surface area contributed by atoms with E-state index in [0.717, 1.165) is 5.69 Å². The number of terminal acetylenes is 1. The van der Waals surface area contributed by atoms with Gasteiger partial charge in [-0.2, -0.15) is 0 Å². The van der Waals surface area contributed by atoms with Crippen molar-refractivity contribution in [2.45, 2.75) is 25.9 Å². The second-order valence-corrected chi connectivity index (χ2v) is 3.03. The Kier molecular flexibility index (Phi) is 3.48. The van der Waals surface area contributed by atoms with Crippen LogP contribution in [0, 0.1) is 12.3 Å². The maximum Gasteiger partial charge on any atom is 0.0663 e. The monoisotopic (exact) mass is 174 g/mol. The number of rotatable bonds is 3. The van der Waals surface area contributed by atoms with Crippen LogP contribution in [0.3, 0.4) is 0 Å². The predicted octanol–water partition coefficient (Wildman–Crippen LogP) is 1.75. The highest BCUT2D eigenvalue weighted by Gasteiger charge is 2.07. The molecule has 0 aliphatic heterocycles. The number of pyridine rings is 1. The Balaban J connectivity index is 2.60. The van der Waals surface area contributed by atoms with E-state index in [0.29, 0.717) is 0 Å². The molecule has 2 nitrogen and oxygen atoms in total. The molecule has 1 N–H and O–H groups in total. The smallest absolute Gasteiger partial charge is 0.0663 e. The Labute approximate surface area is 79.4 Å². The van der Waals surface area contributed by atoms with Crippen LogP contribution in [0.1, 0.15) is 25.6 Å². The van der Waals surface area contributed by atoms with E-state index in [9.17, 15) is 0 Å². The van der Waals surface area contributed by atoms with E-state index in [1.165, 1.54) is 0 Å². The molecular weight excluding hydrogens is 160 g/mol. The lowest BCUT2D eigenvalue weighted by Gasteiger charge is -2.15. The van der Waals surface area contributed by atoms with E-state index in [4.69, 9.17) is 6.42 Å². The summed E-state index contributed by atoms with van der Waals surface area (Å²) in [4.78, 5) is 4.23. The molecule has 0 bridgehead atoms. The average Bonchev–Trinajstić information content (AvgIpc) is 2.19. The van der Waals surface area contributed by atoms with E-state index < -0.39 is 0 Å². The molecule has 2 atom stereocenters. The first-order valence-electron chi connectivity index (χ1n) is 4.37. The summed E-state index contributed by atoms with van der Waals surface area (Å²) < 4.78 is 0. The molecule has 0 fully saturated rings. The van der Waals surface area contributed by atoms with Gasteiger partial charge in [-0.15, -0.1) is 6.42 Å². The highest BCUT2D eigenvalue weighted by Crippen LogP contribution is 2.08. The van der Waals surface area contributed by atoms with E-state index in [-0.39, 0.29) is 12.1 Å². The minimum absolute atomic E-state index is 0.0806. The molecule has 0 radical (unpaired) electrons. The van der Waals surface area contributed by atoms with Gasteiger partial charge in [0.2, 0.25) is 0 Å². The summed E-state index contributed by atoms with van der Waals surface area (Å²) in [6, 6.07) is 6.15. The van der Waals surface area contributed by atoms with E-state index in [1.54, 1.807) is 6.20 Å². The summed E-state index contributed by atoms with van der Waals surface area (Å²) in [5, 5.41) is 3.25. The van der Waals surface area contributed by atoms with Crippen LogP contribution in [0.15, 0.2) is 24.4 Å². The zero-order valence-corrected chi connectivity index (χ0v) is 7.99. The van der Waals surface area contributed by atoms with Gasteiger partial charge in [-0.05, 0) is 26.0 Å². The van der Waals surface area contributed by atoms with E-state index >= 15 is 0 Å². The van der Waals surface area contributed by atoms with Crippen LogP contribution in [0.4, 0.5) is 0 Å². The first kappa shape index (κ1) is 9.76. The van der Waals surface area contributed by atoms with Crippen LogP contribution in [0.25, 0.3) is 0 Å². The average molecular weight is 174 g/mol. The summed E-state index contributed by atoms with van der Waals surface area (Å²) in [7, 11) is 0. The van der Waals surface area contributed by atoms with Crippen LogP contribution in [0.5, 0.6) is 0 Å². The zero-order valence-electron chi connectivity index (χ0n) is 7.99. The third-order valence-electron chi connectivity index (χ3n) is 1.88. The fourth-order valence-electron chi connectivity index (χ4n) is 1.14. The van der Waals surface area contributed by atoms with Crippen LogP contribution in [-0.2, 0) is 0 Å². The Hall–Kier alpha value is -1.33. The molecule has 0 aliphatic carbocycles. The fourth-order valence-corrected chi connectivity index (χ4v) is 1.14. The molecular formula is C11H14N2. The second kappa shape index (κ2) is 4.64. The van der Waals surface area contributed by atoms with Crippen molar-refractivity contribution in [2.75, 3.05) is 0 Å². The van der Waals surface area contributed by atoms with Gasteiger partial charge in [0.1, 0.15) is 0 Å². The molecule has 1 heterocycles. The van der Waals surface area contributed by atoms with Gasteiger partial charge < -0.3 is 0 Å². The number of nitrogens with one attached hydrogen (secondary N) is 1. The quantitative estimate of drug-likeness (QED) is 0.706. The maximum absolute atomic E-state index is 5.27. The van der Waals surface area contributed by atoms with Crippen LogP contribution in [0.2, 0.25) is 0 Å². The van der Waals surface area contributed by atoms with Gasteiger partial charge in [-0.25, -0.2) is 0 Å². The molecule has 2 heteroatoms. The minimum atomic E-state index is 0.0806. The topological polar surface area (TPSA) is 24.9 Å². The summed E-state index contributed by atoms with van der Waals surface area (Å²) in [5.74, 6) is 2.63. The van der Waals surface area contributed by atoms with Crippen molar-refractivity contribution in [1.29, 1.82) is 0 Å². The van der Waals surface area contributed by atoms with Gasteiger partial charge in [0, 0.05) is 12.2 Å². The summed E-state index contributed by atoms with van der Waals surface area (Å²) >= 11 is 0. The van der Waals surface area contributed by atoms with Gasteiger partial charge in [0.05, 0.1) is 11.7 Å². The van der Waals surface area contributed by atoms with Crippen molar-refractivity contribution in [1.82, 2.24) is 10.3 Å². The minimum Gasteiger partial charge on any atom is -0.296 e. The molecule has 1 rings (SSSR count). The predicted molar refractivity (Wildman–Crippen MR) is 54.1 cm³/mol. The standard InChI is InChI=1S/C11H14N2/c1-4-9(2)13-10(3)11-7-5-6-8-12-11/h1,5-10,13H,2-3H3/t9?,10-/m1/s1. The van der Waals surface area contributed by atoms with Crippen LogP contribution >= 0.6 is 0 Å². The molecule has 0 aromatic carbocycles. The maximum atomic E-state index is 5.27. The normalized spacial score (nSPS) is 14.5. The lowest BCUT2D eigenvalue weighted by Crippen LogP contribution is -2.27. The number of nitrogens with zero attached hydrogens (tertiary/aromatic N) is 1. The molecule has 0 spiro atoms. The van der Waals surface area contributed by atoms with Crippen molar-refractivity contribution < 1.29 is 0 Å². The van der Waals surface area contributed by atoms with E-state index in [2.05, 4.69) is 23.1 Å².